The maximum absolute atomic E-state index is 13.9. The Bertz CT molecular complexity index is 1130. The number of rotatable bonds is 4. The van der Waals surface area contributed by atoms with Gasteiger partial charge in [-0.2, -0.15) is 0 Å². The van der Waals surface area contributed by atoms with E-state index in [4.69, 9.17) is 0 Å². The summed E-state index contributed by atoms with van der Waals surface area (Å²) in [4.78, 5) is 27.0. The number of hydrogen-bond donors (Lipinski definition) is 2. The van der Waals surface area contributed by atoms with Gasteiger partial charge in [-0.05, 0) is 66.8 Å². The fourth-order valence-electron chi connectivity index (χ4n) is 3.77. The molecule has 1 aliphatic rings. The van der Waals surface area contributed by atoms with E-state index in [1.807, 2.05) is 18.2 Å². The Morgan fingerprint density at radius 3 is 2.53 bits per heavy atom. The fourth-order valence-corrected chi connectivity index (χ4v) is 4.10. The Morgan fingerprint density at radius 2 is 1.75 bits per heavy atom. The van der Waals surface area contributed by atoms with Crippen LogP contribution in [0.1, 0.15) is 24.0 Å². The molecule has 3 aromatic rings. The number of carbonyl (C=O) groups excluding carboxylic acids is 2. The predicted molar refractivity (Wildman–Crippen MR) is 129 cm³/mol. The molecule has 5 nitrogen and oxygen atoms in total. The van der Waals surface area contributed by atoms with Gasteiger partial charge in [0.1, 0.15) is 5.82 Å². The summed E-state index contributed by atoms with van der Waals surface area (Å²) in [6, 6.07) is 19.4. The fraction of sp³-hybridized carbons (Fsp3) is 0.200. The number of halogens is 2. The molecule has 4 rings (SSSR count). The van der Waals surface area contributed by atoms with Crippen molar-refractivity contribution in [2.24, 2.45) is 0 Å². The standard InChI is InChI=1S/C25H23BrFN3O2/c26-19-10-13-22(21(27)16-19)29-24(31)15-17-8-11-20(12-9-17)28-25(32)30-14-4-3-6-18-5-1-2-7-23(18)30/h1-2,5,7-13,16H,3-4,6,14-15H2,(H,28,32)(H,29,31). The quantitative estimate of drug-likeness (QED) is 0.456. The molecule has 0 saturated heterocycles. The highest BCUT2D eigenvalue weighted by Gasteiger charge is 2.21. The molecule has 3 aromatic carbocycles. The summed E-state index contributed by atoms with van der Waals surface area (Å²) >= 11 is 3.19. The van der Waals surface area contributed by atoms with Gasteiger partial charge in [-0.15, -0.1) is 0 Å². The molecule has 164 valence electrons. The van der Waals surface area contributed by atoms with Gasteiger partial charge in [-0.25, -0.2) is 9.18 Å². The first-order valence-corrected chi connectivity index (χ1v) is 11.3. The zero-order valence-electron chi connectivity index (χ0n) is 17.4. The minimum atomic E-state index is -0.499. The Kier molecular flexibility index (Phi) is 6.85. The lowest BCUT2D eigenvalue weighted by molar-refractivity contribution is -0.115. The van der Waals surface area contributed by atoms with Gasteiger partial charge in [-0.1, -0.05) is 46.3 Å². The molecule has 0 radical (unpaired) electrons. The molecule has 0 aliphatic carbocycles. The highest BCUT2D eigenvalue weighted by molar-refractivity contribution is 9.10. The van der Waals surface area contributed by atoms with Crippen LogP contribution in [0.3, 0.4) is 0 Å². The Hall–Kier alpha value is -3.19. The normalized spacial score (nSPS) is 13.1. The summed E-state index contributed by atoms with van der Waals surface area (Å²) in [6.07, 6.45) is 3.08. The van der Waals surface area contributed by atoms with Crippen LogP contribution in [0.2, 0.25) is 0 Å². The first-order chi connectivity index (χ1) is 15.5. The van der Waals surface area contributed by atoms with Crippen molar-refractivity contribution in [2.45, 2.75) is 25.7 Å². The van der Waals surface area contributed by atoms with Crippen molar-refractivity contribution in [2.75, 3.05) is 22.1 Å². The van der Waals surface area contributed by atoms with E-state index < -0.39 is 5.82 Å². The number of urea groups is 1. The summed E-state index contributed by atoms with van der Waals surface area (Å²) in [5.41, 5.74) is 3.69. The van der Waals surface area contributed by atoms with Crippen LogP contribution >= 0.6 is 15.9 Å². The second-order valence-corrected chi connectivity index (χ2v) is 8.63. The maximum atomic E-state index is 13.9. The van der Waals surface area contributed by atoms with Gasteiger partial charge in [0.2, 0.25) is 5.91 Å². The van der Waals surface area contributed by atoms with Crippen molar-refractivity contribution in [3.8, 4) is 0 Å². The first kappa shape index (κ1) is 22.0. The number of fused-ring (bicyclic) bond motifs is 1. The summed E-state index contributed by atoms with van der Waals surface area (Å²) < 4.78 is 14.5. The third kappa shape index (κ3) is 5.34. The summed E-state index contributed by atoms with van der Waals surface area (Å²) in [7, 11) is 0. The zero-order chi connectivity index (χ0) is 22.5. The molecule has 2 N–H and O–H groups in total. The van der Waals surface area contributed by atoms with E-state index >= 15 is 0 Å². The SMILES string of the molecule is O=C(Cc1ccc(NC(=O)N2CCCCc3ccccc32)cc1)Nc1ccc(Br)cc1F. The lowest BCUT2D eigenvalue weighted by Crippen LogP contribution is -2.35. The smallest absolute Gasteiger partial charge is 0.323 e. The summed E-state index contributed by atoms with van der Waals surface area (Å²) in [5, 5.41) is 5.53. The molecule has 0 aromatic heterocycles. The maximum Gasteiger partial charge on any atom is 0.326 e. The molecule has 0 saturated carbocycles. The number of benzene rings is 3. The van der Waals surface area contributed by atoms with E-state index in [1.54, 1.807) is 35.2 Å². The molecule has 1 aliphatic heterocycles. The predicted octanol–water partition coefficient (Wildman–Crippen LogP) is 6.14. The van der Waals surface area contributed by atoms with Crippen LogP contribution in [-0.4, -0.2) is 18.5 Å². The average Bonchev–Trinajstić information content (AvgIpc) is 3.00. The Labute approximate surface area is 194 Å². The van der Waals surface area contributed by atoms with Gasteiger partial charge in [0.05, 0.1) is 12.1 Å². The van der Waals surface area contributed by atoms with Gasteiger partial charge in [-0.3, -0.25) is 9.69 Å². The molecule has 0 atom stereocenters. The van der Waals surface area contributed by atoms with E-state index in [-0.39, 0.29) is 24.0 Å². The summed E-state index contributed by atoms with van der Waals surface area (Å²) in [5.74, 6) is -0.815. The number of amides is 3. The van der Waals surface area contributed by atoms with E-state index in [1.165, 1.54) is 17.7 Å². The Morgan fingerprint density at radius 1 is 0.969 bits per heavy atom. The molecule has 0 bridgehead atoms. The van der Waals surface area contributed by atoms with Crippen molar-refractivity contribution < 1.29 is 14.0 Å². The largest absolute Gasteiger partial charge is 0.326 e. The lowest BCUT2D eigenvalue weighted by Gasteiger charge is -2.23. The zero-order valence-corrected chi connectivity index (χ0v) is 19.0. The molecule has 0 spiro atoms. The summed E-state index contributed by atoms with van der Waals surface area (Å²) in [6.45, 7) is 0.674. The average molecular weight is 496 g/mol. The van der Waals surface area contributed by atoms with Crippen LogP contribution in [0, 0.1) is 5.82 Å². The molecular formula is C25H23BrFN3O2. The number of nitrogens with one attached hydrogen (secondary N) is 2. The number of para-hydroxylation sites is 1. The van der Waals surface area contributed by atoms with E-state index in [0.717, 1.165) is 30.5 Å². The molecule has 3 amide bonds. The van der Waals surface area contributed by atoms with Crippen LogP contribution in [0.25, 0.3) is 0 Å². The minimum Gasteiger partial charge on any atom is -0.323 e. The highest BCUT2D eigenvalue weighted by atomic mass is 79.9. The van der Waals surface area contributed by atoms with Gasteiger partial charge >= 0.3 is 6.03 Å². The molecule has 7 heteroatoms. The number of carbonyl (C=O) groups is 2. The first-order valence-electron chi connectivity index (χ1n) is 10.5. The van der Waals surface area contributed by atoms with Crippen LogP contribution in [-0.2, 0) is 17.6 Å². The van der Waals surface area contributed by atoms with Crippen molar-refractivity contribution in [1.29, 1.82) is 0 Å². The van der Waals surface area contributed by atoms with Crippen molar-refractivity contribution in [1.82, 2.24) is 0 Å². The van der Waals surface area contributed by atoms with Gasteiger partial charge in [0, 0.05) is 22.4 Å². The topological polar surface area (TPSA) is 61.4 Å². The second-order valence-electron chi connectivity index (χ2n) is 7.71. The van der Waals surface area contributed by atoms with Crippen LogP contribution in [0.4, 0.5) is 26.2 Å². The number of anilines is 3. The van der Waals surface area contributed by atoms with E-state index in [0.29, 0.717) is 16.7 Å². The molecule has 1 heterocycles. The van der Waals surface area contributed by atoms with Crippen molar-refractivity contribution in [3.05, 3.63) is 88.1 Å². The number of hydrogen-bond acceptors (Lipinski definition) is 2. The van der Waals surface area contributed by atoms with Crippen molar-refractivity contribution >= 4 is 44.9 Å². The van der Waals surface area contributed by atoms with Crippen molar-refractivity contribution in [3.63, 3.8) is 0 Å². The van der Waals surface area contributed by atoms with Gasteiger partial charge < -0.3 is 10.6 Å². The third-order valence-corrected chi connectivity index (χ3v) is 5.87. The van der Waals surface area contributed by atoms with E-state index in [9.17, 15) is 14.0 Å². The Balaban J connectivity index is 1.37. The molecule has 0 fully saturated rings. The van der Waals surface area contributed by atoms with Crippen LogP contribution in [0.5, 0.6) is 0 Å². The molecule has 0 unspecified atom stereocenters. The highest BCUT2D eigenvalue weighted by Crippen LogP contribution is 2.27. The molecule has 32 heavy (non-hydrogen) atoms. The number of aryl methyl sites for hydroxylation is 1. The monoisotopic (exact) mass is 495 g/mol. The van der Waals surface area contributed by atoms with Crippen LogP contribution in [0.15, 0.2) is 71.2 Å². The van der Waals surface area contributed by atoms with E-state index in [2.05, 4.69) is 32.6 Å². The molecular weight excluding hydrogens is 473 g/mol. The van der Waals surface area contributed by atoms with Gasteiger partial charge in [0.15, 0.2) is 0 Å². The van der Waals surface area contributed by atoms with Gasteiger partial charge in [0.25, 0.3) is 0 Å². The second kappa shape index (κ2) is 9.96. The van der Waals surface area contributed by atoms with Crippen LogP contribution < -0.4 is 15.5 Å². The third-order valence-electron chi connectivity index (χ3n) is 5.38. The number of nitrogens with zero attached hydrogens (tertiary/aromatic N) is 1. The minimum absolute atomic E-state index is 0.100. The lowest BCUT2D eigenvalue weighted by atomic mass is 10.1.